The van der Waals surface area contributed by atoms with Gasteiger partial charge in [0.2, 0.25) is 11.8 Å². The Balaban J connectivity index is 1.63. The molecule has 0 saturated heterocycles. The van der Waals surface area contributed by atoms with Crippen molar-refractivity contribution in [3.8, 4) is 5.69 Å². The van der Waals surface area contributed by atoms with Crippen molar-refractivity contribution in [3.63, 3.8) is 0 Å². The van der Waals surface area contributed by atoms with Crippen LogP contribution in [0.25, 0.3) is 5.69 Å². The molecule has 1 heterocycles. The largest absolute Gasteiger partial charge is 0.325 e. The molecule has 0 radical (unpaired) electrons. The molecule has 3 rings (SSSR count). The number of halogens is 1. The molecule has 162 valence electrons. The average molecular weight is 443 g/mol. The number of nitrogens with one attached hydrogen (secondary N) is 2. The molecular formula is C22H23FN4O3S. The highest BCUT2D eigenvalue weighted by atomic mass is 32.2. The Hall–Kier alpha value is -3.33. The van der Waals surface area contributed by atoms with Crippen LogP contribution >= 0.6 is 11.8 Å². The molecule has 0 bridgehead atoms. The number of hydrogen-bond acceptors (Lipinski definition) is 4. The number of aromatic nitrogens is 2. The van der Waals surface area contributed by atoms with E-state index in [1.54, 1.807) is 31.6 Å². The van der Waals surface area contributed by atoms with E-state index in [9.17, 15) is 18.8 Å². The SMILES string of the molecule is Cc1c(NC(=O)C(C)SCC(=O)Nc2cccc(F)c2)c(=O)n(-c2ccccc2)n1C. The minimum absolute atomic E-state index is 0.00706. The van der Waals surface area contributed by atoms with Crippen LogP contribution in [0.15, 0.2) is 59.4 Å². The molecule has 3 aromatic rings. The summed E-state index contributed by atoms with van der Waals surface area (Å²) < 4.78 is 16.4. The van der Waals surface area contributed by atoms with Crippen molar-refractivity contribution < 1.29 is 14.0 Å². The van der Waals surface area contributed by atoms with Crippen LogP contribution in [0, 0.1) is 12.7 Å². The highest BCUT2D eigenvalue weighted by Crippen LogP contribution is 2.18. The molecule has 2 N–H and O–H groups in total. The summed E-state index contributed by atoms with van der Waals surface area (Å²) in [6, 6.07) is 14.7. The van der Waals surface area contributed by atoms with Gasteiger partial charge in [0.25, 0.3) is 5.56 Å². The van der Waals surface area contributed by atoms with Crippen molar-refractivity contribution in [2.45, 2.75) is 19.1 Å². The first kappa shape index (κ1) is 22.4. The smallest absolute Gasteiger partial charge is 0.295 e. The van der Waals surface area contributed by atoms with Gasteiger partial charge in [-0.25, -0.2) is 9.07 Å². The molecule has 2 amide bonds. The van der Waals surface area contributed by atoms with Crippen molar-refractivity contribution >= 4 is 35.0 Å². The fraction of sp³-hybridized carbons (Fsp3) is 0.227. The monoisotopic (exact) mass is 442 g/mol. The van der Waals surface area contributed by atoms with E-state index >= 15 is 0 Å². The molecular weight excluding hydrogens is 419 g/mol. The van der Waals surface area contributed by atoms with Crippen molar-refractivity contribution in [1.82, 2.24) is 9.36 Å². The first-order chi connectivity index (χ1) is 14.8. The maximum atomic E-state index is 13.2. The van der Waals surface area contributed by atoms with Crippen LogP contribution in [-0.2, 0) is 16.6 Å². The van der Waals surface area contributed by atoms with Crippen molar-refractivity contribution in [2.24, 2.45) is 7.05 Å². The zero-order chi connectivity index (χ0) is 22.5. The molecule has 1 unspecified atom stereocenters. The fourth-order valence-corrected chi connectivity index (χ4v) is 3.66. The van der Waals surface area contributed by atoms with Gasteiger partial charge in [-0.15, -0.1) is 11.8 Å². The van der Waals surface area contributed by atoms with Gasteiger partial charge in [-0.1, -0.05) is 24.3 Å². The van der Waals surface area contributed by atoms with E-state index in [4.69, 9.17) is 0 Å². The summed E-state index contributed by atoms with van der Waals surface area (Å²) in [5.41, 5.74) is 1.52. The summed E-state index contributed by atoms with van der Waals surface area (Å²) in [5, 5.41) is 4.70. The van der Waals surface area contributed by atoms with Gasteiger partial charge < -0.3 is 10.6 Å². The molecule has 1 aromatic heterocycles. The lowest BCUT2D eigenvalue weighted by molar-refractivity contribution is -0.115. The highest BCUT2D eigenvalue weighted by Gasteiger charge is 2.21. The quantitative estimate of drug-likeness (QED) is 0.588. The highest BCUT2D eigenvalue weighted by molar-refractivity contribution is 8.01. The number of amides is 2. The summed E-state index contributed by atoms with van der Waals surface area (Å²) in [4.78, 5) is 37.6. The van der Waals surface area contributed by atoms with Crippen LogP contribution in [0.3, 0.4) is 0 Å². The predicted molar refractivity (Wildman–Crippen MR) is 121 cm³/mol. The molecule has 0 saturated carbocycles. The van der Waals surface area contributed by atoms with E-state index in [1.165, 1.54) is 22.9 Å². The van der Waals surface area contributed by atoms with Crippen LogP contribution in [-0.4, -0.2) is 32.2 Å². The Morgan fingerprint density at radius 2 is 1.81 bits per heavy atom. The van der Waals surface area contributed by atoms with Gasteiger partial charge in [0, 0.05) is 12.7 Å². The van der Waals surface area contributed by atoms with Crippen molar-refractivity contribution in [1.29, 1.82) is 0 Å². The van der Waals surface area contributed by atoms with Crippen LogP contribution in [0.1, 0.15) is 12.6 Å². The van der Waals surface area contributed by atoms with E-state index in [1.807, 2.05) is 30.3 Å². The third-order valence-electron chi connectivity index (χ3n) is 4.74. The average Bonchev–Trinajstić information content (AvgIpc) is 2.95. The first-order valence-electron chi connectivity index (χ1n) is 9.60. The third-order valence-corrected chi connectivity index (χ3v) is 5.89. The standard InChI is InChI=1S/C22H23FN4O3S/c1-14-20(22(30)27(26(14)3)18-10-5-4-6-11-18)25-21(29)15(2)31-13-19(28)24-17-9-7-8-16(23)12-17/h4-12,15H,13H2,1-3H3,(H,24,28)(H,25,29). The zero-order valence-corrected chi connectivity index (χ0v) is 18.2. The minimum Gasteiger partial charge on any atom is -0.325 e. The number of thioether (sulfide) groups is 1. The van der Waals surface area contributed by atoms with Gasteiger partial charge in [-0.2, -0.15) is 0 Å². The van der Waals surface area contributed by atoms with E-state index in [0.29, 0.717) is 17.1 Å². The Kier molecular flexibility index (Phi) is 6.96. The Morgan fingerprint density at radius 1 is 1.10 bits per heavy atom. The number of benzene rings is 2. The molecule has 31 heavy (non-hydrogen) atoms. The summed E-state index contributed by atoms with van der Waals surface area (Å²) in [6.45, 7) is 3.41. The fourth-order valence-electron chi connectivity index (χ4n) is 2.98. The number of anilines is 2. The molecule has 1 atom stereocenters. The zero-order valence-electron chi connectivity index (χ0n) is 17.4. The molecule has 0 spiro atoms. The number of para-hydroxylation sites is 1. The summed E-state index contributed by atoms with van der Waals surface area (Å²) >= 11 is 1.12. The molecule has 7 nitrogen and oxygen atoms in total. The third kappa shape index (κ3) is 5.24. The first-order valence-corrected chi connectivity index (χ1v) is 10.6. The van der Waals surface area contributed by atoms with Crippen LogP contribution in [0.2, 0.25) is 0 Å². The van der Waals surface area contributed by atoms with Crippen molar-refractivity contribution in [2.75, 3.05) is 16.4 Å². The van der Waals surface area contributed by atoms with Gasteiger partial charge in [0.05, 0.1) is 22.4 Å². The minimum atomic E-state index is -0.581. The number of carbonyl (C=O) groups excluding carboxylic acids is 2. The molecule has 0 aliphatic rings. The summed E-state index contributed by atoms with van der Waals surface area (Å²) in [5.74, 6) is -1.17. The van der Waals surface area contributed by atoms with Gasteiger partial charge in [-0.3, -0.25) is 19.1 Å². The molecule has 9 heteroatoms. The lowest BCUT2D eigenvalue weighted by Gasteiger charge is -2.11. The van der Waals surface area contributed by atoms with E-state index in [0.717, 1.165) is 11.8 Å². The molecule has 0 fully saturated rings. The topological polar surface area (TPSA) is 85.1 Å². The van der Waals surface area contributed by atoms with E-state index in [-0.39, 0.29) is 28.8 Å². The second-order valence-electron chi connectivity index (χ2n) is 6.94. The Labute approximate surface area is 183 Å². The summed E-state index contributed by atoms with van der Waals surface area (Å²) in [7, 11) is 1.74. The van der Waals surface area contributed by atoms with Crippen LogP contribution in [0.5, 0.6) is 0 Å². The summed E-state index contributed by atoms with van der Waals surface area (Å²) in [6.07, 6.45) is 0. The van der Waals surface area contributed by atoms with Gasteiger partial charge in [0.15, 0.2) is 0 Å². The van der Waals surface area contributed by atoms with Gasteiger partial charge in [0.1, 0.15) is 11.5 Å². The normalized spacial score (nSPS) is 11.7. The molecule has 2 aromatic carbocycles. The number of hydrogen-bond donors (Lipinski definition) is 2. The maximum Gasteiger partial charge on any atom is 0.295 e. The molecule has 0 aliphatic heterocycles. The lowest BCUT2D eigenvalue weighted by Crippen LogP contribution is -2.28. The van der Waals surface area contributed by atoms with Crippen molar-refractivity contribution in [3.05, 3.63) is 76.5 Å². The lowest BCUT2D eigenvalue weighted by atomic mass is 10.3. The Morgan fingerprint density at radius 3 is 2.48 bits per heavy atom. The predicted octanol–water partition coefficient (Wildman–Crippen LogP) is 3.32. The number of nitrogens with zero attached hydrogens (tertiary/aromatic N) is 2. The second-order valence-corrected chi connectivity index (χ2v) is 8.27. The van der Waals surface area contributed by atoms with Crippen LogP contribution < -0.4 is 16.2 Å². The maximum absolute atomic E-state index is 13.2. The molecule has 0 aliphatic carbocycles. The number of rotatable bonds is 7. The van der Waals surface area contributed by atoms with Gasteiger partial charge in [-0.05, 0) is 44.2 Å². The second kappa shape index (κ2) is 9.65. The number of carbonyl (C=O) groups is 2. The van der Waals surface area contributed by atoms with E-state index < -0.39 is 11.1 Å². The van der Waals surface area contributed by atoms with Gasteiger partial charge >= 0.3 is 0 Å². The van der Waals surface area contributed by atoms with E-state index in [2.05, 4.69) is 10.6 Å². The Bertz CT molecular complexity index is 1160. The van der Waals surface area contributed by atoms with Crippen LogP contribution in [0.4, 0.5) is 15.8 Å².